The van der Waals surface area contributed by atoms with E-state index >= 15 is 0 Å². The van der Waals surface area contributed by atoms with E-state index in [0.717, 1.165) is 23.1 Å². The molecule has 0 fully saturated rings. The summed E-state index contributed by atoms with van der Waals surface area (Å²) in [5.41, 5.74) is -0.426. The lowest BCUT2D eigenvalue weighted by molar-refractivity contribution is -0.387. The van der Waals surface area contributed by atoms with E-state index in [0.29, 0.717) is 9.09 Å². The Bertz CT molecular complexity index is 665. The fourth-order valence-electron chi connectivity index (χ4n) is 1.28. The SMILES string of the molecule is C[C@H](O)c1cc([N+](=O)[O-])c(Sc2nccc(=O)[nH]2)s1. The summed E-state index contributed by atoms with van der Waals surface area (Å²) in [6, 6.07) is 2.59. The van der Waals surface area contributed by atoms with E-state index in [-0.39, 0.29) is 16.4 Å². The summed E-state index contributed by atoms with van der Waals surface area (Å²) < 4.78 is 0.371. The number of rotatable bonds is 4. The van der Waals surface area contributed by atoms with Crippen molar-refractivity contribution in [3.05, 3.63) is 43.7 Å². The van der Waals surface area contributed by atoms with Crippen LogP contribution in [-0.2, 0) is 0 Å². The van der Waals surface area contributed by atoms with Crippen LogP contribution in [0, 0.1) is 10.1 Å². The highest BCUT2D eigenvalue weighted by Gasteiger charge is 2.22. The van der Waals surface area contributed by atoms with E-state index in [1.54, 1.807) is 0 Å². The maximum Gasteiger partial charge on any atom is 0.294 e. The van der Waals surface area contributed by atoms with Gasteiger partial charge < -0.3 is 10.1 Å². The fourth-order valence-corrected chi connectivity index (χ4v) is 3.44. The number of nitrogens with zero attached hydrogens (tertiary/aromatic N) is 2. The molecule has 0 amide bonds. The van der Waals surface area contributed by atoms with E-state index in [1.807, 2.05) is 0 Å². The molecule has 2 aromatic heterocycles. The average Bonchev–Trinajstić information content (AvgIpc) is 2.73. The number of nitro groups is 1. The molecule has 0 saturated heterocycles. The third kappa shape index (κ3) is 3.19. The standard InChI is InChI=1S/C10H9N3O4S2/c1-5(14)7-4-6(13(16)17)9(18-7)19-10-11-3-2-8(15)12-10/h2-5,14H,1H3,(H,11,12,15)/t5-/m0/s1. The van der Waals surface area contributed by atoms with Gasteiger partial charge in [-0.15, -0.1) is 11.3 Å². The van der Waals surface area contributed by atoms with Gasteiger partial charge >= 0.3 is 0 Å². The van der Waals surface area contributed by atoms with Crippen molar-refractivity contribution >= 4 is 28.8 Å². The van der Waals surface area contributed by atoms with Gasteiger partial charge in [0.2, 0.25) is 0 Å². The Morgan fingerprint density at radius 2 is 2.37 bits per heavy atom. The first-order valence-corrected chi connectivity index (χ1v) is 6.80. The smallest absolute Gasteiger partial charge is 0.294 e. The van der Waals surface area contributed by atoms with E-state index < -0.39 is 11.0 Å². The van der Waals surface area contributed by atoms with E-state index in [1.165, 1.54) is 25.3 Å². The third-order valence-electron chi connectivity index (χ3n) is 2.14. The summed E-state index contributed by atoms with van der Waals surface area (Å²) in [6.07, 6.45) is 0.553. The second-order valence-electron chi connectivity index (χ2n) is 3.60. The van der Waals surface area contributed by atoms with Crippen molar-refractivity contribution in [3.8, 4) is 0 Å². The van der Waals surface area contributed by atoms with Crippen LogP contribution in [0.1, 0.15) is 17.9 Å². The van der Waals surface area contributed by atoms with Gasteiger partial charge in [0.1, 0.15) is 4.21 Å². The van der Waals surface area contributed by atoms with Gasteiger partial charge in [0.15, 0.2) is 5.16 Å². The molecule has 19 heavy (non-hydrogen) atoms. The minimum absolute atomic E-state index is 0.0996. The highest BCUT2D eigenvalue weighted by atomic mass is 32.2. The molecule has 0 unspecified atom stereocenters. The lowest BCUT2D eigenvalue weighted by Crippen LogP contribution is -2.04. The topological polar surface area (TPSA) is 109 Å². The molecule has 0 aromatic carbocycles. The molecule has 2 rings (SSSR count). The van der Waals surface area contributed by atoms with Crippen molar-refractivity contribution in [2.75, 3.05) is 0 Å². The number of hydrogen-bond acceptors (Lipinski definition) is 7. The predicted molar refractivity (Wildman–Crippen MR) is 70.6 cm³/mol. The quantitative estimate of drug-likeness (QED) is 0.507. The van der Waals surface area contributed by atoms with Crippen LogP contribution in [0.15, 0.2) is 32.5 Å². The lowest BCUT2D eigenvalue weighted by atomic mass is 10.3. The number of aromatic amines is 1. The molecule has 0 saturated carbocycles. The maximum atomic E-state index is 11.1. The second-order valence-corrected chi connectivity index (χ2v) is 5.94. The summed E-state index contributed by atoms with van der Waals surface area (Å²) in [4.78, 5) is 28.4. The summed E-state index contributed by atoms with van der Waals surface area (Å²) in [5.74, 6) is 0. The van der Waals surface area contributed by atoms with Crippen LogP contribution in [-0.4, -0.2) is 20.0 Å². The molecule has 0 aliphatic carbocycles. The van der Waals surface area contributed by atoms with Crippen molar-refractivity contribution in [1.29, 1.82) is 0 Å². The van der Waals surface area contributed by atoms with Crippen LogP contribution in [0.25, 0.3) is 0 Å². The van der Waals surface area contributed by atoms with Crippen molar-refractivity contribution < 1.29 is 10.0 Å². The van der Waals surface area contributed by atoms with Crippen LogP contribution >= 0.6 is 23.1 Å². The number of aliphatic hydroxyl groups is 1. The molecule has 9 heteroatoms. The first-order valence-electron chi connectivity index (χ1n) is 5.16. The van der Waals surface area contributed by atoms with Crippen LogP contribution in [0.4, 0.5) is 5.69 Å². The molecular formula is C10H9N3O4S2. The highest BCUT2D eigenvalue weighted by Crippen LogP contribution is 2.41. The van der Waals surface area contributed by atoms with Crippen molar-refractivity contribution in [1.82, 2.24) is 9.97 Å². The van der Waals surface area contributed by atoms with Gasteiger partial charge in [0.05, 0.1) is 11.0 Å². The molecule has 100 valence electrons. The van der Waals surface area contributed by atoms with Crippen LogP contribution < -0.4 is 5.56 Å². The molecule has 2 aromatic rings. The number of thiophene rings is 1. The highest BCUT2D eigenvalue weighted by molar-refractivity contribution is 8.01. The number of hydrogen-bond donors (Lipinski definition) is 2. The Balaban J connectivity index is 2.38. The summed E-state index contributed by atoms with van der Waals surface area (Å²) in [6.45, 7) is 1.53. The molecule has 0 spiro atoms. The van der Waals surface area contributed by atoms with Gasteiger partial charge in [-0.05, 0) is 18.7 Å². The molecular weight excluding hydrogens is 290 g/mol. The Morgan fingerprint density at radius 3 is 2.95 bits per heavy atom. The lowest BCUT2D eigenvalue weighted by Gasteiger charge is -1.97. The third-order valence-corrected chi connectivity index (χ3v) is 4.53. The summed E-state index contributed by atoms with van der Waals surface area (Å²) >= 11 is 2.10. The van der Waals surface area contributed by atoms with Crippen molar-refractivity contribution in [2.24, 2.45) is 0 Å². The molecule has 0 aliphatic rings. The normalized spacial score (nSPS) is 12.3. The molecule has 1 atom stereocenters. The Labute approximate surface area is 115 Å². The average molecular weight is 299 g/mol. The van der Waals surface area contributed by atoms with Gasteiger partial charge in [-0.25, -0.2) is 4.98 Å². The number of aromatic nitrogens is 2. The fraction of sp³-hybridized carbons (Fsp3) is 0.200. The molecule has 2 heterocycles. The summed E-state index contributed by atoms with van der Waals surface area (Å²) in [7, 11) is 0. The van der Waals surface area contributed by atoms with Gasteiger partial charge in [-0.1, -0.05) is 0 Å². The van der Waals surface area contributed by atoms with Crippen molar-refractivity contribution in [2.45, 2.75) is 22.4 Å². The monoisotopic (exact) mass is 299 g/mol. The Hall–Kier alpha value is -1.71. The zero-order chi connectivity index (χ0) is 14.0. The van der Waals surface area contributed by atoms with Gasteiger partial charge in [0, 0.05) is 23.2 Å². The number of nitrogens with one attached hydrogen (secondary N) is 1. The van der Waals surface area contributed by atoms with Crippen molar-refractivity contribution in [3.63, 3.8) is 0 Å². The zero-order valence-electron chi connectivity index (χ0n) is 9.69. The minimum atomic E-state index is -0.777. The van der Waals surface area contributed by atoms with Crippen LogP contribution in [0.5, 0.6) is 0 Å². The van der Waals surface area contributed by atoms with Crippen LogP contribution in [0.2, 0.25) is 0 Å². The Morgan fingerprint density at radius 1 is 1.63 bits per heavy atom. The molecule has 7 nitrogen and oxygen atoms in total. The number of H-pyrrole nitrogens is 1. The van der Waals surface area contributed by atoms with Gasteiger partial charge in [-0.2, -0.15) is 0 Å². The first-order chi connectivity index (χ1) is 8.97. The Kier molecular flexibility index (Phi) is 3.98. The van der Waals surface area contributed by atoms with E-state index in [9.17, 15) is 20.0 Å². The van der Waals surface area contributed by atoms with Crippen LogP contribution in [0.3, 0.4) is 0 Å². The van der Waals surface area contributed by atoms with Gasteiger partial charge in [-0.3, -0.25) is 14.9 Å². The largest absolute Gasteiger partial charge is 0.388 e. The first kappa shape index (κ1) is 13.7. The van der Waals surface area contributed by atoms with E-state index in [4.69, 9.17) is 0 Å². The maximum absolute atomic E-state index is 11.1. The van der Waals surface area contributed by atoms with E-state index in [2.05, 4.69) is 9.97 Å². The zero-order valence-corrected chi connectivity index (χ0v) is 11.3. The molecule has 0 bridgehead atoms. The predicted octanol–water partition coefficient (Wildman–Crippen LogP) is 1.94. The number of aliphatic hydroxyl groups excluding tert-OH is 1. The summed E-state index contributed by atoms with van der Waals surface area (Å²) in [5, 5.41) is 20.7. The molecule has 2 N–H and O–H groups in total. The minimum Gasteiger partial charge on any atom is -0.388 e. The molecule has 0 aliphatic heterocycles. The van der Waals surface area contributed by atoms with Gasteiger partial charge in [0.25, 0.3) is 11.2 Å². The molecule has 0 radical (unpaired) electrons. The second kappa shape index (κ2) is 5.51.